The van der Waals surface area contributed by atoms with E-state index in [-0.39, 0.29) is 6.61 Å². The van der Waals surface area contributed by atoms with Gasteiger partial charge >= 0.3 is 0 Å². The molecule has 0 saturated carbocycles. The molecule has 1 aromatic rings. The van der Waals surface area contributed by atoms with Crippen molar-refractivity contribution in [3.05, 3.63) is 23.9 Å². The molecular weight excluding hydrogens is 176 g/mol. The quantitative estimate of drug-likeness (QED) is 0.792. The van der Waals surface area contributed by atoms with Crippen molar-refractivity contribution in [3.63, 3.8) is 0 Å². The first-order valence-electron chi connectivity index (χ1n) is 4.91. The number of pyridine rings is 1. The summed E-state index contributed by atoms with van der Waals surface area (Å²) >= 11 is 0. The zero-order chi connectivity index (χ0) is 10.6. The molecule has 0 aliphatic rings. The molecule has 14 heavy (non-hydrogen) atoms. The molecule has 78 valence electrons. The number of hydrogen-bond acceptors (Lipinski definition) is 3. The smallest absolute Gasteiger partial charge is 0.133 e. The topological polar surface area (TPSA) is 36.4 Å². The summed E-state index contributed by atoms with van der Waals surface area (Å²) in [5.41, 5.74) is 0.885. The van der Waals surface area contributed by atoms with Crippen LogP contribution in [0.1, 0.15) is 19.4 Å². The first kappa shape index (κ1) is 11.0. The fourth-order valence-corrected chi connectivity index (χ4v) is 1.53. The lowest BCUT2D eigenvalue weighted by molar-refractivity contribution is 0.281. The number of rotatable bonds is 4. The molecule has 1 aromatic heterocycles. The van der Waals surface area contributed by atoms with Gasteiger partial charge in [-0.05, 0) is 12.0 Å². The van der Waals surface area contributed by atoms with E-state index in [0.29, 0.717) is 5.92 Å². The standard InChI is InChI=1S/C11H18N2O/c1-9(2)7-13(3)11-10(8-14)5-4-6-12-11/h4-6,9,14H,7-8H2,1-3H3. The molecular formula is C11H18N2O. The molecule has 1 rings (SSSR count). The van der Waals surface area contributed by atoms with Crippen molar-refractivity contribution in [3.8, 4) is 0 Å². The van der Waals surface area contributed by atoms with Crippen LogP contribution < -0.4 is 4.90 Å². The van der Waals surface area contributed by atoms with E-state index in [4.69, 9.17) is 5.11 Å². The van der Waals surface area contributed by atoms with Crippen molar-refractivity contribution in [2.45, 2.75) is 20.5 Å². The number of hydrogen-bond donors (Lipinski definition) is 1. The second-order valence-corrected chi connectivity index (χ2v) is 3.92. The Morgan fingerprint density at radius 1 is 1.50 bits per heavy atom. The summed E-state index contributed by atoms with van der Waals surface area (Å²) < 4.78 is 0. The Morgan fingerprint density at radius 3 is 2.79 bits per heavy atom. The van der Waals surface area contributed by atoms with Gasteiger partial charge in [0.25, 0.3) is 0 Å². The van der Waals surface area contributed by atoms with Crippen LogP contribution in [0, 0.1) is 5.92 Å². The molecule has 0 aliphatic heterocycles. The van der Waals surface area contributed by atoms with E-state index < -0.39 is 0 Å². The molecule has 3 heteroatoms. The second-order valence-electron chi connectivity index (χ2n) is 3.92. The molecule has 0 aromatic carbocycles. The van der Waals surface area contributed by atoms with E-state index in [9.17, 15) is 0 Å². The third kappa shape index (κ3) is 2.70. The molecule has 1 heterocycles. The molecule has 0 aliphatic carbocycles. The Hall–Kier alpha value is -1.09. The number of aliphatic hydroxyl groups is 1. The fraction of sp³-hybridized carbons (Fsp3) is 0.545. The Labute approximate surface area is 85.4 Å². The lowest BCUT2D eigenvalue weighted by Crippen LogP contribution is -2.24. The molecule has 0 spiro atoms. The number of aliphatic hydroxyl groups excluding tert-OH is 1. The van der Waals surface area contributed by atoms with E-state index >= 15 is 0 Å². The highest BCUT2D eigenvalue weighted by Crippen LogP contribution is 2.16. The highest BCUT2D eigenvalue weighted by Gasteiger charge is 2.08. The summed E-state index contributed by atoms with van der Waals surface area (Å²) in [6, 6.07) is 3.75. The highest BCUT2D eigenvalue weighted by molar-refractivity contribution is 5.45. The summed E-state index contributed by atoms with van der Waals surface area (Å²) in [6.07, 6.45) is 1.76. The number of nitrogens with zero attached hydrogens (tertiary/aromatic N) is 2. The first-order valence-corrected chi connectivity index (χ1v) is 4.91. The molecule has 0 saturated heterocycles. The summed E-state index contributed by atoms with van der Waals surface area (Å²) in [6.45, 7) is 5.33. The molecule has 0 atom stereocenters. The monoisotopic (exact) mass is 194 g/mol. The predicted molar refractivity (Wildman–Crippen MR) is 58.3 cm³/mol. The van der Waals surface area contributed by atoms with E-state index in [1.165, 1.54) is 0 Å². The second kappa shape index (κ2) is 4.96. The van der Waals surface area contributed by atoms with Gasteiger partial charge in [0.2, 0.25) is 0 Å². The molecule has 1 N–H and O–H groups in total. The van der Waals surface area contributed by atoms with Crippen LogP contribution in [-0.2, 0) is 6.61 Å². The predicted octanol–water partition coefficient (Wildman–Crippen LogP) is 1.67. The van der Waals surface area contributed by atoms with E-state index in [2.05, 4.69) is 23.7 Å². The number of aromatic nitrogens is 1. The minimum absolute atomic E-state index is 0.0472. The zero-order valence-corrected chi connectivity index (χ0v) is 9.07. The summed E-state index contributed by atoms with van der Waals surface area (Å²) in [7, 11) is 2.00. The van der Waals surface area contributed by atoms with Gasteiger partial charge in [0.15, 0.2) is 0 Å². The van der Waals surface area contributed by atoms with Gasteiger partial charge in [-0.3, -0.25) is 0 Å². The van der Waals surface area contributed by atoms with Crippen LogP contribution in [0.15, 0.2) is 18.3 Å². The van der Waals surface area contributed by atoms with Crippen molar-refractivity contribution in [1.29, 1.82) is 0 Å². The molecule has 0 radical (unpaired) electrons. The van der Waals surface area contributed by atoms with Crippen molar-refractivity contribution in [1.82, 2.24) is 4.98 Å². The summed E-state index contributed by atoms with van der Waals surface area (Å²) in [4.78, 5) is 6.35. The zero-order valence-electron chi connectivity index (χ0n) is 9.07. The van der Waals surface area contributed by atoms with Gasteiger partial charge in [-0.25, -0.2) is 4.98 Å². The van der Waals surface area contributed by atoms with Crippen LogP contribution in [0.2, 0.25) is 0 Å². The van der Waals surface area contributed by atoms with Gasteiger partial charge in [-0.2, -0.15) is 0 Å². The molecule has 0 amide bonds. The molecule has 3 nitrogen and oxygen atoms in total. The van der Waals surface area contributed by atoms with Gasteiger partial charge in [0, 0.05) is 25.4 Å². The van der Waals surface area contributed by atoms with Gasteiger partial charge < -0.3 is 10.0 Å². The van der Waals surface area contributed by atoms with Crippen LogP contribution in [-0.4, -0.2) is 23.7 Å². The minimum atomic E-state index is 0.0472. The highest BCUT2D eigenvalue weighted by atomic mass is 16.3. The van der Waals surface area contributed by atoms with E-state index in [0.717, 1.165) is 17.9 Å². The average Bonchev–Trinajstić information content (AvgIpc) is 2.16. The average molecular weight is 194 g/mol. The molecule has 0 bridgehead atoms. The lowest BCUT2D eigenvalue weighted by Gasteiger charge is -2.22. The molecule has 0 fully saturated rings. The third-order valence-corrected chi connectivity index (χ3v) is 2.04. The Balaban J connectivity index is 2.82. The van der Waals surface area contributed by atoms with Crippen molar-refractivity contribution in [2.24, 2.45) is 5.92 Å². The minimum Gasteiger partial charge on any atom is -0.392 e. The number of anilines is 1. The maximum atomic E-state index is 9.13. The van der Waals surface area contributed by atoms with Gasteiger partial charge in [-0.15, -0.1) is 0 Å². The van der Waals surface area contributed by atoms with Gasteiger partial charge in [0.1, 0.15) is 5.82 Å². The maximum Gasteiger partial charge on any atom is 0.133 e. The van der Waals surface area contributed by atoms with E-state index in [1.807, 2.05) is 19.2 Å². The van der Waals surface area contributed by atoms with Crippen LogP contribution in [0.5, 0.6) is 0 Å². The summed E-state index contributed by atoms with van der Waals surface area (Å²) in [5.74, 6) is 1.47. The van der Waals surface area contributed by atoms with Crippen molar-refractivity contribution >= 4 is 5.82 Å². The van der Waals surface area contributed by atoms with Crippen LogP contribution in [0.25, 0.3) is 0 Å². The Kier molecular flexibility index (Phi) is 3.89. The lowest BCUT2D eigenvalue weighted by atomic mass is 10.2. The Bertz CT molecular complexity index is 286. The van der Waals surface area contributed by atoms with Crippen LogP contribution in [0.4, 0.5) is 5.82 Å². The normalized spacial score (nSPS) is 10.6. The van der Waals surface area contributed by atoms with E-state index in [1.54, 1.807) is 6.20 Å². The van der Waals surface area contributed by atoms with Gasteiger partial charge in [-0.1, -0.05) is 19.9 Å². The third-order valence-electron chi connectivity index (χ3n) is 2.04. The summed E-state index contributed by atoms with van der Waals surface area (Å²) in [5, 5.41) is 9.13. The van der Waals surface area contributed by atoms with Crippen LogP contribution in [0.3, 0.4) is 0 Å². The Morgan fingerprint density at radius 2 is 2.21 bits per heavy atom. The van der Waals surface area contributed by atoms with Gasteiger partial charge in [0.05, 0.1) is 6.61 Å². The molecule has 0 unspecified atom stereocenters. The first-order chi connectivity index (χ1) is 6.65. The van der Waals surface area contributed by atoms with Crippen molar-refractivity contribution < 1.29 is 5.11 Å². The fourth-order valence-electron chi connectivity index (χ4n) is 1.53. The SMILES string of the molecule is CC(C)CN(C)c1ncccc1CO. The largest absolute Gasteiger partial charge is 0.392 e. The van der Waals surface area contributed by atoms with Crippen LogP contribution >= 0.6 is 0 Å². The van der Waals surface area contributed by atoms with Crippen molar-refractivity contribution in [2.75, 3.05) is 18.5 Å². The maximum absolute atomic E-state index is 9.13.